The molecule has 0 aliphatic heterocycles. The van der Waals surface area contributed by atoms with E-state index >= 15 is 0 Å². The zero-order valence-corrected chi connectivity index (χ0v) is 15.6. The van der Waals surface area contributed by atoms with Gasteiger partial charge >= 0.3 is 0 Å². The molecule has 0 spiro atoms. The number of rotatable bonds is 5. The van der Waals surface area contributed by atoms with Crippen LogP contribution in [-0.4, -0.2) is 11.8 Å². The Hall–Kier alpha value is -3.22. The molecule has 0 unspecified atom stereocenters. The van der Waals surface area contributed by atoms with Crippen molar-refractivity contribution >= 4 is 34.2 Å². The number of hydrogen-bond acceptors (Lipinski definition) is 3. The molecule has 1 aromatic heterocycles. The summed E-state index contributed by atoms with van der Waals surface area (Å²) in [6.07, 6.45) is 4.72. The lowest BCUT2D eigenvalue weighted by Crippen LogP contribution is -2.18. The SMILES string of the molecule is O=C(CC1CCCC1)Nc1c(C(=O)Nc2ccc(F)c(F)c2)oc2ccccc12. The predicted octanol–water partition coefficient (Wildman–Crippen LogP) is 5.48. The Balaban J connectivity index is 1.60. The molecule has 0 atom stereocenters. The summed E-state index contributed by atoms with van der Waals surface area (Å²) in [6, 6.07) is 10.0. The van der Waals surface area contributed by atoms with E-state index in [1.807, 2.05) is 0 Å². The lowest BCUT2D eigenvalue weighted by atomic mass is 10.0. The van der Waals surface area contributed by atoms with Crippen molar-refractivity contribution in [3.05, 3.63) is 59.9 Å². The fourth-order valence-corrected chi connectivity index (χ4v) is 3.76. The standard InChI is InChI=1S/C22H20F2N2O3/c23-16-10-9-14(12-17(16)24)25-22(28)21-20(15-7-3-4-8-18(15)29-21)26-19(27)11-13-5-1-2-6-13/h3-4,7-10,12-13H,1-2,5-6,11H2,(H,25,28)(H,26,27). The molecular formula is C22H20F2N2O3. The van der Waals surface area contributed by atoms with Crippen LogP contribution >= 0.6 is 0 Å². The first-order valence-corrected chi connectivity index (χ1v) is 9.59. The van der Waals surface area contributed by atoms with Gasteiger partial charge < -0.3 is 15.1 Å². The maximum absolute atomic E-state index is 13.4. The summed E-state index contributed by atoms with van der Waals surface area (Å²) in [5.41, 5.74) is 0.806. The van der Waals surface area contributed by atoms with Crippen molar-refractivity contribution < 1.29 is 22.8 Å². The fraction of sp³-hybridized carbons (Fsp3) is 0.273. The molecule has 0 saturated heterocycles. The zero-order valence-electron chi connectivity index (χ0n) is 15.6. The van der Waals surface area contributed by atoms with Gasteiger partial charge in [-0.2, -0.15) is 0 Å². The second kappa shape index (κ2) is 8.03. The molecule has 1 saturated carbocycles. The van der Waals surface area contributed by atoms with Crippen LogP contribution in [-0.2, 0) is 4.79 Å². The third kappa shape index (κ3) is 4.13. The summed E-state index contributed by atoms with van der Waals surface area (Å²) in [4.78, 5) is 25.3. The van der Waals surface area contributed by atoms with Crippen LogP contribution in [0.2, 0.25) is 0 Å². The van der Waals surface area contributed by atoms with Crippen LogP contribution in [0.4, 0.5) is 20.2 Å². The van der Waals surface area contributed by atoms with Gasteiger partial charge in [-0.1, -0.05) is 25.0 Å². The summed E-state index contributed by atoms with van der Waals surface area (Å²) in [5.74, 6) is -2.65. The summed E-state index contributed by atoms with van der Waals surface area (Å²) in [5, 5.41) is 5.90. The van der Waals surface area contributed by atoms with E-state index in [0.29, 0.717) is 23.3 Å². The van der Waals surface area contributed by atoms with Crippen LogP contribution in [0.5, 0.6) is 0 Å². The maximum Gasteiger partial charge on any atom is 0.293 e. The molecule has 2 aromatic carbocycles. The van der Waals surface area contributed by atoms with Crippen LogP contribution in [0.25, 0.3) is 11.0 Å². The van der Waals surface area contributed by atoms with Crippen molar-refractivity contribution in [3.63, 3.8) is 0 Å². The van der Waals surface area contributed by atoms with Crippen molar-refractivity contribution in [2.45, 2.75) is 32.1 Å². The Labute approximate surface area is 166 Å². The number of benzene rings is 2. The van der Waals surface area contributed by atoms with E-state index in [4.69, 9.17) is 4.42 Å². The molecule has 0 bridgehead atoms. The van der Waals surface area contributed by atoms with E-state index in [0.717, 1.165) is 37.8 Å². The van der Waals surface area contributed by atoms with Crippen molar-refractivity contribution in [1.29, 1.82) is 0 Å². The first kappa shape index (κ1) is 19.1. The molecule has 0 radical (unpaired) electrons. The van der Waals surface area contributed by atoms with E-state index in [1.54, 1.807) is 24.3 Å². The van der Waals surface area contributed by atoms with E-state index in [1.165, 1.54) is 6.07 Å². The number of furan rings is 1. The van der Waals surface area contributed by atoms with Crippen LogP contribution in [0.15, 0.2) is 46.9 Å². The molecule has 1 fully saturated rings. The highest BCUT2D eigenvalue weighted by Crippen LogP contribution is 2.33. The maximum atomic E-state index is 13.4. The molecule has 1 aliphatic carbocycles. The van der Waals surface area contributed by atoms with Gasteiger partial charge in [0.2, 0.25) is 11.7 Å². The van der Waals surface area contributed by atoms with Crippen LogP contribution in [0.3, 0.4) is 0 Å². The van der Waals surface area contributed by atoms with Crippen molar-refractivity contribution in [2.24, 2.45) is 5.92 Å². The molecular weight excluding hydrogens is 378 g/mol. The van der Waals surface area contributed by atoms with E-state index < -0.39 is 17.5 Å². The summed E-state index contributed by atoms with van der Waals surface area (Å²) in [6.45, 7) is 0. The molecule has 2 amide bonds. The van der Waals surface area contributed by atoms with E-state index in [-0.39, 0.29) is 23.0 Å². The highest BCUT2D eigenvalue weighted by molar-refractivity contribution is 6.14. The number of anilines is 2. The average Bonchev–Trinajstić information content (AvgIpc) is 3.33. The third-order valence-corrected chi connectivity index (χ3v) is 5.19. The second-order valence-corrected chi connectivity index (χ2v) is 7.29. The molecule has 29 heavy (non-hydrogen) atoms. The number of para-hydroxylation sites is 1. The molecule has 4 rings (SSSR count). The Morgan fingerprint density at radius 3 is 2.52 bits per heavy atom. The molecule has 2 N–H and O–H groups in total. The summed E-state index contributed by atoms with van der Waals surface area (Å²) < 4.78 is 32.2. The minimum atomic E-state index is -1.07. The quantitative estimate of drug-likeness (QED) is 0.598. The van der Waals surface area contributed by atoms with E-state index in [9.17, 15) is 18.4 Å². The zero-order chi connectivity index (χ0) is 20.4. The fourth-order valence-electron chi connectivity index (χ4n) is 3.76. The molecule has 3 aromatic rings. The van der Waals surface area contributed by atoms with Gasteiger partial charge in [0.1, 0.15) is 11.3 Å². The topological polar surface area (TPSA) is 71.3 Å². The molecule has 5 nitrogen and oxygen atoms in total. The predicted molar refractivity (Wildman–Crippen MR) is 106 cm³/mol. The number of carbonyl (C=O) groups excluding carboxylic acids is 2. The number of nitrogens with one attached hydrogen (secondary N) is 2. The van der Waals surface area contributed by atoms with Crippen molar-refractivity contribution in [3.8, 4) is 0 Å². The summed E-state index contributed by atoms with van der Waals surface area (Å²) >= 11 is 0. The van der Waals surface area contributed by atoms with Gasteiger partial charge in [0.05, 0.1) is 0 Å². The number of hydrogen-bond donors (Lipinski definition) is 2. The van der Waals surface area contributed by atoms with Crippen molar-refractivity contribution in [2.75, 3.05) is 10.6 Å². The van der Waals surface area contributed by atoms with Gasteiger partial charge in [-0.3, -0.25) is 9.59 Å². The van der Waals surface area contributed by atoms with Gasteiger partial charge in [0.15, 0.2) is 11.6 Å². The first-order valence-electron chi connectivity index (χ1n) is 9.59. The van der Waals surface area contributed by atoms with Crippen LogP contribution < -0.4 is 10.6 Å². The van der Waals surface area contributed by atoms with Gasteiger partial charge in [-0.05, 0) is 43.0 Å². The molecule has 1 heterocycles. The summed E-state index contributed by atoms with van der Waals surface area (Å²) in [7, 11) is 0. The highest BCUT2D eigenvalue weighted by Gasteiger charge is 2.24. The lowest BCUT2D eigenvalue weighted by molar-refractivity contribution is -0.117. The van der Waals surface area contributed by atoms with Gasteiger partial charge in [-0.25, -0.2) is 8.78 Å². The third-order valence-electron chi connectivity index (χ3n) is 5.19. The number of carbonyl (C=O) groups is 2. The monoisotopic (exact) mass is 398 g/mol. The molecule has 7 heteroatoms. The Morgan fingerprint density at radius 1 is 1.00 bits per heavy atom. The average molecular weight is 398 g/mol. The first-order chi connectivity index (χ1) is 14.0. The van der Waals surface area contributed by atoms with Crippen molar-refractivity contribution in [1.82, 2.24) is 0 Å². The van der Waals surface area contributed by atoms with Gasteiger partial charge in [0.25, 0.3) is 5.91 Å². The largest absolute Gasteiger partial charge is 0.449 e. The number of fused-ring (bicyclic) bond motifs is 1. The second-order valence-electron chi connectivity index (χ2n) is 7.29. The van der Waals surface area contributed by atoms with Crippen LogP contribution in [0.1, 0.15) is 42.7 Å². The minimum absolute atomic E-state index is 0.0811. The highest BCUT2D eigenvalue weighted by atomic mass is 19.2. The molecule has 1 aliphatic rings. The molecule has 150 valence electrons. The number of halogens is 2. The normalized spacial score (nSPS) is 14.3. The minimum Gasteiger partial charge on any atom is -0.449 e. The Morgan fingerprint density at radius 2 is 1.76 bits per heavy atom. The number of amides is 2. The van der Waals surface area contributed by atoms with Gasteiger partial charge in [0, 0.05) is 23.6 Å². The Bertz CT molecular complexity index is 1070. The lowest BCUT2D eigenvalue weighted by Gasteiger charge is -2.10. The van der Waals surface area contributed by atoms with Gasteiger partial charge in [-0.15, -0.1) is 0 Å². The Kier molecular flexibility index (Phi) is 5.29. The smallest absolute Gasteiger partial charge is 0.293 e. The van der Waals surface area contributed by atoms with E-state index in [2.05, 4.69) is 10.6 Å². The van der Waals surface area contributed by atoms with Crippen LogP contribution in [0, 0.1) is 17.6 Å².